The molecule has 4 unspecified atom stereocenters. The van der Waals surface area contributed by atoms with Crippen LogP contribution in [0.5, 0.6) is 11.5 Å². The lowest BCUT2D eigenvalue weighted by atomic mass is 9.99. The molecule has 7 heteroatoms. The molecule has 4 rings (SSSR count). The molecule has 1 heterocycles. The number of hydrogen-bond donors (Lipinski definition) is 4. The van der Waals surface area contributed by atoms with E-state index in [4.69, 9.17) is 5.73 Å². The van der Waals surface area contributed by atoms with Gasteiger partial charge in [0.25, 0.3) is 0 Å². The lowest BCUT2D eigenvalue weighted by Crippen LogP contribution is -2.54. The summed E-state index contributed by atoms with van der Waals surface area (Å²) >= 11 is 0. The van der Waals surface area contributed by atoms with Crippen LogP contribution in [-0.2, 0) is 19.3 Å². The zero-order valence-electron chi connectivity index (χ0n) is 28.5. The first-order chi connectivity index (χ1) is 22.4. The molecule has 0 aliphatic carbocycles. The number of hydrogen-bond acceptors (Lipinski definition) is 7. The summed E-state index contributed by atoms with van der Waals surface area (Å²) in [6.07, 6.45) is 6.39. The normalized spacial score (nSPS) is 17.5. The average Bonchev–Trinajstić information content (AvgIpc) is 3.51. The highest BCUT2D eigenvalue weighted by atomic mass is 16.3. The van der Waals surface area contributed by atoms with E-state index in [1.807, 2.05) is 12.1 Å². The molecule has 3 aromatic rings. The van der Waals surface area contributed by atoms with E-state index < -0.39 is 0 Å². The van der Waals surface area contributed by atoms with Crippen LogP contribution in [0.4, 0.5) is 0 Å². The van der Waals surface area contributed by atoms with Gasteiger partial charge in [0.2, 0.25) is 0 Å². The summed E-state index contributed by atoms with van der Waals surface area (Å²) in [5, 5.41) is 23.4. The molecule has 1 saturated heterocycles. The van der Waals surface area contributed by atoms with E-state index in [1.54, 1.807) is 24.3 Å². The maximum absolute atomic E-state index is 9.98. The number of aromatic hydroxyl groups is 2. The van der Waals surface area contributed by atoms with Crippen LogP contribution in [-0.4, -0.2) is 101 Å². The third-order valence-electron chi connectivity index (χ3n) is 9.67. The number of likely N-dealkylation sites (N-methyl/N-ethyl adjacent to an activating group) is 2. The van der Waals surface area contributed by atoms with E-state index in [1.165, 1.54) is 36.9 Å². The number of phenols is 2. The third-order valence-corrected chi connectivity index (χ3v) is 9.67. The van der Waals surface area contributed by atoms with Crippen LogP contribution in [0.25, 0.3) is 0 Å². The van der Waals surface area contributed by atoms with Gasteiger partial charge < -0.3 is 21.3 Å². The SMILES string of the molecule is CCCNCC1CCCN1CC(Cc1ccccc1)N(CC)CC(Cc1ccc(O)cc1)N(CC)CC(N)Cc1ccc(O)cc1. The van der Waals surface area contributed by atoms with Crippen molar-refractivity contribution in [2.75, 3.05) is 52.4 Å². The molecule has 0 saturated carbocycles. The van der Waals surface area contributed by atoms with Gasteiger partial charge in [-0.25, -0.2) is 0 Å². The first kappa shape index (κ1) is 35.9. The van der Waals surface area contributed by atoms with Crippen LogP contribution in [0.3, 0.4) is 0 Å². The van der Waals surface area contributed by atoms with Crippen LogP contribution in [0.15, 0.2) is 78.9 Å². The Labute approximate surface area is 278 Å². The van der Waals surface area contributed by atoms with Gasteiger partial charge in [0.05, 0.1) is 0 Å². The van der Waals surface area contributed by atoms with Crippen LogP contribution in [0, 0.1) is 0 Å². The summed E-state index contributed by atoms with van der Waals surface area (Å²) in [6.45, 7) is 14.8. The number of likely N-dealkylation sites (tertiary alicyclic amines) is 1. The topological polar surface area (TPSA) is 88.2 Å². The molecule has 5 N–H and O–H groups in total. The van der Waals surface area contributed by atoms with Crippen molar-refractivity contribution in [1.82, 2.24) is 20.0 Å². The van der Waals surface area contributed by atoms with E-state index in [2.05, 4.69) is 83.3 Å². The minimum absolute atomic E-state index is 0.0250. The predicted molar refractivity (Wildman–Crippen MR) is 192 cm³/mol. The van der Waals surface area contributed by atoms with Gasteiger partial charge >= 0.3 is 0 Å². The summed E-state index contributed by atoms with van der Waals surface area (Å²) in [5.74, 6) is 0.582. The fourth-order valence-corrected chi connectivity index (χ4v) is 7.14. The lowest BCUT2D eigenvalue weighted by Gasteiger charge is -2.41. The van der Waals surface area contributed by atoms with E-state index in [9.17, 15) is 10.2 Å². The van der Waals surface area contributed by atoms with Gasteiger partial charge in [-0.3, -0.25) is 14.7 Å². The largest absolute Gasteiger partial charge is 0.508 e. The van der Waals surface area contributed by atoms with Crippen molar-refractivity contribution < 1.29 is 10.2 Å². The highest BCUT2D eigenvalue weighted by Gasteiger charge is 2.31. The molecule has 0 amide bonds. The van der Waals surface area contributed by atoms with Crippen molar-refractivity contribution in [2.24, 2.45) is 5.73 Å². The van der Waals surface area contributed by atoms with Crippen molar-refractivity contribution in [3.05, 3.63) is 95.6 Å². The van der Waals surface area contributed by atoms with Crippen LogP contribution >= 0.6 is 0 Å². The minimum atomic E-state index is -0.0250. The second-order valence-electron chi connectivity index (χ2n) is 13.2. The molecule has 0 bridgehead atoms. The molecule has 1 aliphatic heterocycles. The number of nitrogens with one attached hydrogen (secondary N) is 1. The zero-order chi connectivity index (χ0) is 32.7. The monoisotopic (exact) mass is 629 g/mol. The number of phenolic OH excluding ortho intramolecular Hbond substituents is 2. The predicted octanol–water partition coefficient (Wildman–Crippen LogP) is 5.30. The highest BCUT2D eigenvalue weighted by molar-refractivity contribution is 5.27. The molecule has 1 aliphatic rings. The Hall–Kier alpha value is -2.94. The van der Waals surface area contributed by atoms with Gasteiger partial charge in [0.1, 0.15) is 11.5 Å². The van der Waals surface area contributed by atoms with Crippen molar-refractivity contribution in [3.63, 3.8) is 0 Å². The van der Waals surface area contributed by atoms with Gasteiger partial charge in [-0.2, -0.15) is 0 Å². The maximum Gasteiger partial charge on any atom is 0.115 e. The molecular formula is C39H59N5O2. The summed E-state index contributed by atoms with van der Waals surface area (Å²) in [5.41, 5.74) is 10.6. The average molecular weight is 630 g/mol. The molecule has 252 valence electrons. The lowest BCUT2D eigenvalue weighted by molar-refractivity contribution is 0.0875. The van der Waals surface area contributed by atoms with E-state index in [0.717, 1.165) is 70.6 Å². The molecule has 4 atom stereocenters. The zero-order valence-corrected chi connectivity index (χ0v) is 28.5. The standard InChI is InChI=1S/C39H59N5O2/c1-4-22-41-27-35-13-10-23-44(35)30-37(25-31-11-8-7-9-12-31)43(6-3)29-36(26-33-16-20-39(46)21-17-33)42(5-2)28-34(40)24-32-14-18-38(45)19-15-32/h7-9,11-12,14-21,34-37,41,45-46H,4-6,10,13,22-30,40H2,1-3H3. The van der Waals surface area contributed by atoms with Gasteiger partial charge in [-0.05, 0) is 106 Å². The number of benzene rings is 3. The van der Waals surface area contributed by atoms with Gasteiger partial charge in [-0.1, -0.05) is 75.4 Å². The summed E-state index contributed by atoms with van der Waals surface area (Å²) in [6, 6.07) is 27.4. The molecule has 3 aromatic carbocycles. The smallest absolute Gasteiger partial charge is 0.115 e. The highest BCUT2D eigenvalue weighted by Crippen LogP contribution is 2.22. The van der Waals surface area contributed by atoms with Crippen molar-refractivity contribution in [2.45, 2.75) is 83.5 Å². The minimum Gasteiger partial charge on any atom is -0.508 e. The molecular weight excluding hydrogens is 570 g/mol. The molecule has 1 fully saturated rings. The molecule has 7 nitrogen and oxygen atoms in total. The number of nitrogens with zero attached hydrogens (tertiary/aromatic N) is 3. The first-order valence-corrected chi connectivity index (χ1v) is 17.7. The molecule has 46 heavy (non-hydrogen) atoms. The quantitative estimate of drug-likeness (QED) is 0.126. The Bertz CT molecular complexity index is 1240. The molecule has 0 aromatic heterocycles. The second-order valence-corrected chi connectivity index (χ2v) is 13.2. The number of nitrogens with two attached hydrogens (primary N) is 1. The second kappa shape index (κ2) is 19.0. The summed E-state index contributed by atoms with van der Waals surface area (Å²) in [7, 11) is 0. The Morgan fingerprint density at radius 1 is 0.761 bits per heavy atom. The first-order valence-electron chi connectivity index (χ1n) is 17.7. The van der Waals surface area contributed by atoms with Crippen LogP contribution in [0.1, 0.15) is 56.7 Å². The van der Waals surface area contributed by atoms with Crippen molar-refractivity contribution in [1.29, 1.82) is 0 Å². The maximum atomic E-state index is 9.98. The van der Waals surface area contributed by atoms with Gasteiger partial charge in [0, 0.05) is 50.3 Å². The van der Waals surface area contributed by atoms with E-state index >= 15 is 0 Å². The summed E-state index contributed by atoms with van der Waals surface area (Å²) < 4.78 is 0. The Morgan fingerprint density at radius 2 is 1.33 bits per heavy atom. The van der Waals surface area contributed by atoms with Crippen molar-refractivity contribution in [3.8, 4) is 11.5 Å². The fraction of sp³-hybridized carbons (Fsp3) is 0.538. The van der Waals surface area contributed by atoms with E-state index in [0.29, 0.717) is 17.8 Å². The van der Waals surface area contributed by atoms with Crippen LogP contribution in [0.2, 0.25) is 0 Å². The third kappa shape index (κ3) is 11.4. The van der Waals surface area contributed by atoms with Crippen LogP contribution < -0.4 is 11.1 Å². The van der Waals surface area contributed by atoms with Crippen molar-refractivity contribution >= 4 is 0 Å². The molecule has 0 radical (unpaired) electrons. The van der Waals surface area contributed by atoms with Gasteiger partial charge in [0.15, 0.2) is 0 Å². The fourth-order valence-electron chi connectivity index (χ4n) is 7.14. The Kier molecular flexibility index (Phi) is 14.8. The molecule has 0 spiro atoms. The summed E-state index contributed by atoms with van der Waals surface area (Å²) in [4.78, 5) is 8.04. The Balaban J connectivity index is 1.56. The number of rotatable bonds is 20. The van der Waals surface area contributed by atoms with E-state index in [-0.39, 0.29) is 17.8 Å². The van der Waals surface area contributed by atoms with Gasteiger partial charge in [-0.15, -0.1) is 0 Å². The Morgan fingerprint density at radius 3 is 1.93 bits per heavy atom.